The molecular formula is C5H10I2N2O. The topological polar surface area (TPSA) is 23.6 Å². The quantitative estimate of drug-likeness (QED) is 0.557. The molecule has 0 aromatic rings. The molecule has 0 fully saturated rings. The van der Waals surface area contributed by atoms with Crippen LogP contribution < -0.4 is 0 Å². The third-order valence-electron chi connectivity index (χ3n) is 1.14. The first kappa shape index (κ1) is 10.9. The van der Waals surface area contributed by atoms with E-state index in [2.05, 4.69) is 45.7 Å². The van der Waals surface area contributed by atoms with Gasteiger partial charge in [0.1, 0.15) is 0 Å². The van der Waals surface area contributed by atoms with Gasteiger partial charge in [0, 0.05) is 72.8 Å². The van der Waals surface area contributed by atoms with Crippen molar-refractivity contribution in [2.24, 2.45) is 0 Å². The Labute approximate surface area is 89.1 Å². The van der Waals surface area contributed by atoms with Crippen LogP contribution in [0, 0.1) is 0 Å². The van der Waals surface area contributed by atoms with E-state index in [1.54, 1.807) is 18.9 Å². The van der Waals surface area contributed by atoms with Gasteiger partial charge in [0.05, 0.1) is 0 Å². The fourth-order valence-corrected chi connectivity index (χ4v) is 0.815. The number of hydrogen-bond donors (Lipinski definition) is 0. The van der Waals surface area contributed by atoms with Crippen LogP contribution >= 0.6 is 45.7 Å². The first-order valence-corrected chi connectivity index (χ1v) is 4.78. The molecule has 0 unspecified atom stereocenters. The first-order chi connectivity index (χ1) is 4.54. The van der Waals surface area contributed by atoms with Gasteiger partial charge in [-0.15, -0.1) is 0 Å². The molecule has 0 aliphatic rings. The van der Waals surface area contributed by atoms with Gasteiger partial charge in [0.25, 0.3) is 0 Å². The largest absolute Gasteiger partial charge is 0.345 e. The molecule has 0 N–H and O–H groups in total. The molecule has 0 heterocycles. The number of carbonyl (C=O) groups excluding carboxylic acids is 1. The van der Waals surface area contributed by atoms with Crippen LogP contribution in [0.5, 0.6) is 0 Å². The molecule has 0 saturated carbocycles. The smallest absolute Gasteiger partial charge is 0.219 e. The number of amides is 1. The molecule has 0 rings (SSSR count). The molecule has 0 saturated heterocycles. The maximum Gasteiger partial charge on any atom is 0.219 e. The predicted molar refractivity (Wildman–Crippen MR) is 58.1 cm³/mol. The Morgan fingerprint density at radius 1 is 1.40 bits per heavy atom. The molecule has 0 aliphatic heterocycles. The summed E-state index contributed by atoms with van der Waals surface area (Å²) in [7, 11) is 1.80. The maximum atomic E-state index is 10.7. The van der Waals surface area contributed by atoms with Crippen LogP contribution in [-0.4, -0.2) is 32.3 Å². The minimum atomic E-state index is 0.120. The van der Waals surface area contributed by atoms with E-state index in [9.17, 15) is 4.79 Å². The molecule has 60 valence electrons. The Balaban J connectivity index is 3.40. The molecule has 0 aromatic heterocycles. The van der Waals surface area contributed by atoms with Crippen LogP contribution in [0.1, 0.15) is 6.92 Å². The summed E-state index contributed by atoms with van der Waals surface area (Å²) in [5, 5.41) is 0. The third kappa shape index (κ3) is 5.66. The predicted octanol–water partition coefficient (Wildman–Crippen LogP) is 1.47. The molecule has 0 bridgehead atoms. The summed E-state index contributed by atoms with van der Waals surface area (Å²) in [6.07, 6.45) is 0. The van der Waals surface area contributed by atoms with Crippen LogP contribution in [0.15, 0.2) is 0 Å². The fourth-order valence-electron chi connectivity index (χ4n) is 0.383. The molecule has 1 amide bonds. The number of likely N-dealkylation sites (N-methyl/N-ethyl adjacent to an activating group) is 1. The second-order valence-electron chi connectivity index (χ2n) is 1.97. The molecule has 0 radical (unpaired) electrons. The van der Waals surface area contributed by atoms with Gasteiger partial charge in [0.15, 0.2) is 0 Å². The molecule has 0 atom stereocenters. The average molecular weight is 368 g/mol. The highest BCUT2D eigenvalue weighted by Crippen LogP contribution is 2.05. The van der Waals surface area contributed by atoms with Crippen molar-refractivity contribution in [3.05, 3.63) is 0 Å². The van der Waals surface area contributed by atoms with Crippen molar-refractivity contribution >= 4 is 51.6 Å². The number of nitrogens with zero attached hydrogens (tertiary/aromatic N) is 2. The summed E-state index contributed by atoms with van der Waals surface area (Å²) in [5.74, 6) is 0.120. The van der Waals surface area contributed by atoms with Crippen molar-refractivity contribution in [2.45, 2.75) is 6.92 Å². The Morgan fingerprint density at radius 3 is 2.20 bits per heavy atom. The van der Waals surface area contributed by atoms with E-state index < -0.39 is 0 Å². The zero-order chi connectivity index (χ0) is 8.15. The Hall–Kier alpha value is 0.890. The molecule has 0 aromatic carbocycles. The Morgan fingerprint density at radius 2 is 1.90 bits per heavy atom. The molecule has 0 spiro atoms. The normalized spacial score (nSPS) is 10.1. The fraction of sp³-hybridized carbons (Fsp3) is 0.800. The minimum Gasteiger partial charge on any atom is -0.345 e. The summed E-state index contributed by atoms with van der Waals surface area (Å²) in [6.45, 7) is 3.27. The van der Waals surface area contributed by atoms with Gasteiger partial charge in [-0.2, -0.15) is 1.33 Å². The van der Waals surface area contributed by atoms with E-state index in [0.717, 1.165) is 13.1 Å². The molecule has 3 nitrogen and oxygen atoms in total. The van der Waals surface area contributed by atoms with Crippen molar-refractivity contribution in [3.63, 3.8) is 0 Å². The van der Waals surface area contributed by atoms with Crippen LogP contribution in [0.2, 0.25) is 0 Å². The van der Waals surface area contributed by atoms with Crippen molar-refractivity contribution < 1.29 is 4.79 Å². The zero-order valence-corrected chi connectivity index (χ0v) is 10.3. The summed E-state index contributed by atoms with van der Waals surface area (Å²) in [4.78, 5) is 12.4. The van der Waals surface area contributed by atoms with E-state index >= 15 is 0 Å². The number of rotatable bonds is 3. The van der Waals surface area contributed by atoms with Crippen molar-refractivity contribution in [2.75, 3.05) is 20.1 Å². The maximum absolute atomic E-state index is 10.7. The third-order valence-corrected chi connectivity index (χ3v) is 2.11. The lowest BCUT2D eigenvalue weighted by molar-refractivity contribution is -0.127. The Bertz CT molecular complexity index is 118. The number of hydrogen-bond acceptors (Lipinski definition) is 2. The van der Waals surface area contributed by atoms with E-state index in [4.69, 9.17) is 0 Å². The second kappa shape index (κ2) is 5.53. The van der Waals surface area contributed by atoms with Crippen LogP contribution in [0.25, 0.3) is 0 Å². The van der Waals surface area contributed by atoms with Gasteiger partial charge in [-0.1, -0.05) is 0 Å². The number of halogens is 2. The van der Waals surface area contributed by atoms with Crippen LogP contribution in [0.3, 0.4) is 0 Å². The lowest BCUT2D eigenvalue weighted by Gasteiger charge is -2.15. The van der Waals surface area contributed by atoms with Gasteiger partial charge in [-0.3, -0.25) is 4.79 Å². The Kier molecular flexibility index (Phi) is 6.02. The molecule has 0 aliphatic carbocycles. The van der Waals surface area contributed by atoms with Gasteiger partial charge >= 0.3 is 0 Å². The van der Waals surface area contributed by atoms with Gasteiger partial charge in [-0.25, -0.2) is 0 Å². The zero-order valence-electron chi connectivity index (χ0n) is 5.97. The van der Waals surface area contributed by atoms with E-state index in [1.807, 2.05) is 1.33 Å². The van der Waals surface area contributed by atoms with Crippen LogP contribution in [-0.2, 0) is 4.79 Å². The summed E-state index contributed by atoms with van der Waals surface area (Å²) in [5.41, 5.74) is 0. The minimum absolute atomic E-state index is 0.120. The van der Waals surface area contributed by atoms with Crippen molar-refractivity contribution in [1.82, 2.24) is 6.23 Å². The van der Waals surface area contributed by atoms with Crippen molar-refractivity contribution in [3.8, 4) is 0 Å². The highest BCUT2D eigenvalue weighted by Gasteiger charge is 2.01. The standard InChI is InChI=1S/C5H10I2N2O/c1-5(10)8(2)3-4-9(6)7/h3-4H2,1-2H3. The summed E-state index contributed by atoms with van der Waals surface area (Å²) >= 11 is 4.36. The summed E-state index contributed by atoms with van der Waals surface area (Å²) < 4.78 is 2.00. The van der Waals surface area contributed by atoms with E-state index in [0.29, 0.717) is 0 Å². The number of carbonyl (C=O) groups is 1. The highest BCUT2D eigenvalue weighted by molar-refractivity contribution is 14.2. The molecule has 10 heavy (non-hydrogen) atoms. The SMILES string of the molecule is CC(=O)N(C)CCN(I)I. The first-order valence-electron chi connectivity index (χ1n) is 2.85. The molecular weight excluding hydrogens is 358 g/mol. The summed E-state index contributed by atoms with van der Waals surface area (Å²) in [6, 6.07) is 0. The van der Waals surface area contributed by atoms with Gasteiger partial charge < -0.3 is 4.90 Å². The van der Waals surface area contributed by atoms with Gasteiger partial charge in [-0.05, 0) is 0 Å². The lowest BCUT2D eigenvalue weighted by Crippen LogP contribution is -2.28. The lowest BCUT2D eigenvalue weighted by atomic mass is 10.5. The monoisotopic (exact) mass is 368 g/mol. The van der Waals surface area contributed by atoms with Crippen molar-refractivity contribution in [1.29, 1.82) is 0 Å². The average Bonchev–Trinajstić information content (AvgIpc) is 1.82. The van der Waals surface area contributed by atoms with Crippen LogP contribution in [0.4, 0.5) is 0 Å². The molecule has 5 heteroatoms. The van der Waals surface area contributed by atoms with Gasteiger partial charge in [0.2, 0.25) is 5.91 Å². The highest BCUT2D eigenvalue weighted by atomic mass is 127. The van der Waals surface area contributed by atoms with E-state index in [-0.39, 0.29) is 5.91 Å². The second-order valence-corrected chi connectivity index (χ2v) is 6.14. The van der Waals surface area contributed by atoms with E-state index in [1.165, 1.54) is 0 Å².